The first-order valence-corrected chi connectivity index (χ1v) is 9.13. The zero-order valence-corrected chi connectivity index (χ0v) is 15.4. The molecule has 28 heavy (non-hydrogen) atoms. The van der Waals surface area contributed by atoms with Crippen LogP contribution in [0.25, 0.3) is 22.5 Å². The normalized spacial score (nSPS) is 11.1. The average Bonchev–Trinajstić information content (AvgIpc) is 3.38. The number of nitrogens with zero attached hydrogens (tertiary/aromatic N) is 5. The van der Waals surface area contributed by atoms with Crippen molar-refractivity contribution >= 4 is 16.7 Å². The van der Waals surface area contributed by atoms with Crippen molar-refractivity contribution in [2.24, 2.45) is 0 Å². The predicted octanol–water partition coefficient (Wildman–Crippen LogP) is 4.44. The molecule has 5 aromatic rings. The second-order valence-electron chi connectivity index (χ2n) is 6.81. The minimum absolute atomic E-state index is 0.617. The average molecular weight is 363 g/mol. The minimum atomic E-state index is 0.617. The molecule has 0 aliphatic rings. The summed E-state index contributed by atoms with van der Waals surface area (Å²) in [4.78, 5) is 9.03. The first-order chi connectivity index (χ1) is 13.8. The third-order valence-corrected chi connectivity index (χ3v) is 5.18. The summed E-state index contributed by atoms with van der Waals surface area (Å²) in [7, 11) is 0. The van der Waals surface area contributed by atoms with E-state index in [0.717, 1.165) is 34.4 Å². The van der Waals surface area contributed by atoms with E-state index in [9.17, 15) is 5.26 Å². The van der Waals surface area contributed by atoms with Crippen LogP contribution in [0.4, 0.5) is 0 Å². The van der Waals surface area contributed by atoms with Gasteiger partial charge in [0.1, 0.15) is 18.2 Å². The van der Waals surface area contributed by atoms with Crippen LogP contribution >= 0.6 is 0 Å². The summed E-state index contributed by atoms with van der Waals surface area (Å²) < 4.78 is 4.09. The molecular weight excluding hydrogens is 346 g/mol. The molecule has 0 radical (unpaired) electrons. The highest BCUT2D eigenvalue weighted by Gasteiger charge is 2.21. The van der Waals surface area contributed by atoms with E-state index in [0.29, 0.717) is 11.2 Å². The summed E-state index contributed by atoms with van der Waals surface area (Å²) in [6.45, 7) is 2.01. The smallest absolute Gasteiger partial charge is 0.157 e. The molecule has 0 saturated heterocycles. The van der Waals surface area contributed by atoms with Crippen molar-refractivity contribution in [3.63, 3.8) is 0 Å². The molecule has 0 N–H and O–H groups in total. The lowest BCUT2D eigenvalue weighted by Crippen LogP contribution is -2.10. The van der Waals surface area contributed by atoms with E-state index in [1.807, 2.05) is 60.2 Å². The molecule has 3 aromatic heterocycles. The molecule has 0 fully saturated rings. The van der Waals surface area contributed by atoms with E-state index < -0.39 is 0 Å². The van der Waals surface area contributed by atoms with Gasteiger partial charge in [-0.2, -0.15) is 5.26 Å². The van der Waals surface area contributed by atoms with E-state index in [1.54, 1.807) is 12.5 Å². The van der Waals surface area contributed by atoms with Crippen LogP contribution in [0.1, 0.15) is 22.3 Å². The number of rotatable bonds is 3. The maximum atomic E-state index is 9.93. The Morgan fingerprint density at radius 3 is 2.57 bits per heavy atom. The summed E-state index contributed by atoms with van der Waals surface area (Å²) in [6, 6.07) is 20.7. The van der Waals surface area contributed by atoms with Gasteiger partial charge in [-0.05, 0) is 30.2 Å². The monoisotopic (exact) mass is 363 g/mol. The van der Waals surface area contributed by atoms with Gasteiger partial charge < -0.3 is 0 Å². The predicted molar refractivity (Wildman–Crippen MR) is 109 cm³/mol. The summed E-state index contributed by atoms with van der Waals surface area (Å²) in [6.07, 6.45) is 6.22. The molecule has 5 heteroatoms. The number of hydrogen-bond acceptors (Lipinski definition) is 3. The Bertz CT molecular complexity index is 1340. The lowest BCUT2D eigenvalue weighted by Gasteiger charge is -2.18. The number of para-hydroxylation sites is 2. The van der Waals surface area contributed by atoms with Gasteiger partial charge in [-0.3, -0.25) is 8.97 Å². The van der Waals surface area contributed by atoms with Gasteiger partial charge in [-0.1, -0.05) is 42.5 Å². The standard InChI is InChI=1S/C23H17N5/c1-16-18(13-17-7-3-2-4-8-17)23(27-12-11-25-15-27)28-21-10-6-5-9-20(21)26-22(28)19(16)14-24/h2-12,15H,13H2,1H3. The molecule has 134 valence electrons. The van der Waals surface area contributed by atoms with Crippen LogP contribution < -0.4 is 0 Å². The molecule has 2 aromatic carbocycles. The van der Waals surface area contributed by atoms with Crippen molar-refractivity contribution in [3.05, 3.63) is 95.6 Å². The maximum Gasteiger partial charge on any atom is 0.157 e. The number of pyridine rings is 1. The Labute approximate surface area is 162 Å². The second kappa shape index (κ2) is 6.36. The highest BCUT2D eigenvalue weighted by molar-refractivity contribution is 5.85. The van der Waals surface area contributed by atoms with Crippen LogP contribution in [0, 0.1) is 18.3 Å². The Balaban J connectivity index is 1.95. The van der Waals surface area contributed by atoms with Gasteiger partial charge in [-0.25, -0.2) is 9.97 Å². The van der Waals surface area contributed by atoms with Crippen LogP contribution in [-0.2, 0) is 6.42 Å². The Morgan fingerprint density at radius 1 is 1.04 bits per heavy atom. The number of imidazole rings is 2. The molecular formula is C23H17N5. The Morgan fingerprint density at radius 2 is 1.82 bits per heavy atom. The fourth-order valence-electron chi connectivity index (χ4n) is 3.83. The van der Waals surface area contributed by atoms with Gasteiger partial charge in [-0.15, -0.1) is 0 Å². The lowest BCUT2D eigenvalue weighted by atomic mass is 9.98. The molecule has 0 saturated carbocycles. The second-order valence-corrected chi connectivity index (χ2v) is 6.81. The quantitative estimate of drug-likeness (QED) is 0.476. The fourth-order valence-corrected chi connectivity index (χ4v) is 3.83. The van der Waals surface area contributed by atoms with Gasteiger partial charge in [0, 0.05) is 24.4 Å². The summed E-state index contributed by atoms with van der Waals surface area (Å²) >= 11 is 0. The Kier molecular flexibility index (Phi) is 3.70. The van der Waals surface area contributed by atoms with Gasteiger partial charge >= 0.3 is 0 Å². The molecule has 5 rings (SSSR count). The summed E-state index contributed by atoms with van der Waals surface area (Å²) in [5, 5.41) is 9.93. The van der Waals surface area contributed by atoms with E-state index in [-0.39, 0.29) is 0 Å². The first kappa shape index (κ1) is 16.3. The number of nitriles is 1. The molecule has 0 atom stereocenters. The highest BCUT2D eigenvalue weighted by Crippen LogP contribution is 2.31. The van der Waals surface area contributed by atoms with Gasteiger partial charge in [0.2, 0.25) is 0 Å². The molecule has 0 bridgehead atoms. The van der Waals surface area contributed by atoms with Crippen LogP contribution in [0.2, 0.25) is 0 Å². The molecule has 3 heterocycles. The Hall–Kier alpha value is -3.91. The topological polar surface area (TPSA) is 58.9 Å². The van der Waals surface area contributed by atoms with Gasteiger partial charge in [0.05, 0.1) is 16.6 Å². The van der Waals surface area contributed by atoms with E-state index >= 15 is 0 Å². The van der Waals surface area contributed by atoms with Crippen molar-refractivity contribution in [1.82, 2.24) is 18.9 Å². The van der Waals surface area contributed by atoms with Crippen LogP contribution in [0.15, 0.2) is 73.3 Å². The third-order valence-electron chi connectivity index (χ3n) is 5.18. The van der Waals surface area contributed by atoms with E-state index in [2.05, 4.69) is 27.6 Å². The first-order valence-electron chi connectivity index (χ1n) is 9.13. The summed E-state index contributed by atoms with van der Waals surface area (Å²) in [5.74, 6) is 0.974. The molecule has 0 aliphatic carbocycles. The van der Waals surface area contributed by atoms with Crippen molar-refractivity contribution in [3.8, 4) is 11.9 Å². The van der Waals surface area contributed by atoms with Crippen LogP contribution in [-0.4, -0.2) is 18.9 Å². The lowest BCUT2D eigenvalue weighted by molar-refractivity contribution is 0.924. The molecule has 0 aliphatic heterocycles. The van der Waals surface area contributed by atoms with Crippen LogP contribution in [0.5, 0.6) is 0 Å². The molecule has 5 nitrogen and oxygen atoms in total. The van der Waals surface area contributed by atoms with E-state index in [1.165, 1.54) is 5.56 Å². The van der Waals surface area contributed by atoms with Crippen molar-refractivity contribution < 1.29 is 0 Å². The van der Waals surface area contributed by atoms with Gasteiger partial charge in [0.25, 0.3) is 0 Å². The molecule has 0 unspecified atom stereocenters. The minimum Gasteiger partial charge on any atom is -0.291 e. The van der Waals surface area contributed by atoms with Crippen LogP contribution in [0.3, 0.4) is 0 Å². The molecule has 0 amide bonds. The number of hydrogen-bond donors (Lipinski definition) is 0. The largest absolute Gasteiger partial charge is 0.291 e. The number of aromatic nitrogens is 4. The van der Waals surface area contributed by atoms with Crippen molar-refractivity contribution in [2.75, 3.05) is 0 Å². The van der Waals surface area contributed by atoms with E-state index in [4.69, 9.17) is 4.98 Å². The van der Waals surface area contributed by atoms with Crippen molar-refractivity contribution in [1.29, 1.82) is 5.26 Å². The molecule has 0 spiro atoms. The number of fused-ring (bicyclic) bond motifs is 3. The summed E-state index contributed by atoms with van der Waals surface area (Å²) in [5.41, 5.74) is 6.39. The fraction of sp³-hybridized carbons (Fsp3) is 0.0870. The number of benzene rings is 2. The highest BCUT2D eigenvalue weighted by atomic mass is 15.2. The van der Waals surface area contributed by atoms with Gasteiger partial charge in [0.15, 0.2) is 5.65 Å². The van der Waals surface area contributed by atoms with Crippen molar-refractivity contribution in [2.45, 2.75) is 13.3 Å². The zero-order valence-electron chi connectivity index (χ0n) is 15.4. The zero-order chi connectivity index (χ0) is 19.1. The third kappa shape index (κ3) is 2.39. The maximum absolute atomic E-state index is 9.93. The SMILES string of the molecule is Cc1c(Cc2ccccc2)c(-n2ccnc2)n2c(nc3ccccc32)c1C#N.